The molecule has 1 aliphatic carbocycles. The second-order valence-electron chi connectivity index (χ2n) is 6.74. The first-order valence-electron chi connectivity index (χ1n) is 9.28. The van der Waals surface area contributed by atoms with E-state index in [1.54, 1.807) is 0 Å². The molecule has 1 aromatic rings. The molecular formula is C19H27F3N4O. The van der Waals surface area contributed by atoms with Crippen LogP contribution < -0.4 is 16.0 Å². The Balaban J connectivity index is 1.82. The predicted octanol–water partition coefficient (Wildman–Crippen LogP) is 3.82. The average molecular weight is 384 g/mol. The molecule has 8 heteroatoms. The highest BCUT2D eigenvalue weighted by atomic mass is 19.4. The molecule has 3 N–H and O–H groups in total. The molecule has 150 valence electrons. The van der Waals surface area contributed by atoms with Crippen LogP contribution in [-0.2, 0) is 11.3 Å². The largest absolute Gasteiger partial charge is 0.390 e. The number of carbonyl (C=O) groups excluding carboxylic acids is 1. The van der Waals surface area contributed by atoms with Crippen molar-refractivity contribution in [2.75, 3.05) is 18.9 Å². The summed E-state index contributed by atoms with van der Waals surface area (Å²) in [6, 6.07) is 7.41. The summed E-state index contributed by atoms with van der Waals surface area (Å²) in [4.78, 5) is 16.3. The van der Waals surface area contributed by atoms with Crippen molar-refractivity contribution in [3.8, 4) is 0 Å². The molecule has 1 aromatic carbocycles. The number of halogens is 3. The summed E-state index contributed by atoms with van der Waals surface area (Å²) in [7, 11) is 1.50. The highest BCUT2D eigenvalue weighted by molar-refractivity contribution is 5.92. The lowest BCUT2D eigenvalue weighted by Gasteiger charge is -2.21. The van der Waals surface area contributed by atoms with Crippen molar-refractivity contribution in [3.63, 3.8) is 0 Å². The molecule has 0 aromatic heterocycles. The topological polar surface area (TPSA) is 65.5 Å². The lowest BCUT2D eigenvalue weighted by Crippen LogP contribution is -2.38. The van der Waals surface area contributed by atoms with Crippen LogP contribution in [0.3, 0.4) is 0 Å². The molecule has 0 bridgehead atoms. The summed E-state index contributed by atoms with van der Waals surface area (Å²) in [6.07, 6.45) is 0.154. The molecule has 1 saturated carbocycles. The number of aliphatic imine (C=N–C) groups is 1. The zero-order chi connectivity index (χ0) is 19.7. The minimum absolute atomic E-state index is 0.0597. The van der Waals surface area contributed by atoms with Gasteiger partial charge in [-0.1, -0.05) is 31.4 Å². The monoisotopic (exact) mass is 384 g/mol. The normalized spacial score (nSPS) is 16.1. The number of nitrogens with one attached hydrogen (secondary N) is 3. The fourth-order valence-electron chi connectivity index (χ4n) is 3.10. The predicted molar refractivity (Wildman–Crippen MR) is 101 cm³/mol. The van der Waals surface area contributed by atoms with E-state index in [2.05, 4.69) is 20.9 Å². The molecule has 1 amide bonds. The Bertz CT molecular complexity index is 640. The van der Waals surface area contributed by atoms with Crippen molar-refractivity contribution >= 4 is 17.6 Å². The van der Waals surface area contributed by atoms with Crippen LogP contribution >= 0.6 is 0 Å². The smallest absolute Gasteiger partial charge is 0.356 e. The zero-order valence-corrected chi connectivity index (χ0v) is 15.5. The van der Waals surface area contributed by atoms with Gasteiger partial charge in [0.1, 0.15) is 0 Å². The first-order valence-corrected chi connectivity index (χ1v) is 9.28. The second-order valence-corrected chi connectivity index (χ2v) is 6.74. The second kappa shape index (κ2) is 10.2. The van der Waals surface area contributed by atoms with Gasteiger partial charge in [-0.2, -0.15) is 13.2 Å². The van der Waals surface area contributed by atoms with E-state index in [0.717, 1.165) is 36.9 Å². The highest BCUT2D eigenvalue weighted by Gasteiger charge is 2.26. The number of rotatable bonds is 6. The van der Waals surface area contributed by atoms with Crippen LogP contribution in [0.15, 0.2) is 29.3 Å². The Morgan fingerprint density at radius 2 is 1.93 bits per heavy atom. The minimum atomic E-state index is -4.20. The van der Waals surface area contributed by atoms with Gasteiger partial charge in [0.2, 0.25) is 5.91 Å². The number of alkyl halides is 3. The Hall–Kier alpha value is -2.25. The summed E-state index contributed by atoms with van der Waals surface area (Å²) >= 11 is 0. The SMILES string of the molecule is CN=C(NCCC(F)(F)F)NCc1cccc(NC(=O)C2CCCCC2)c1. The van der Waals surface area contributed by atoms with Crippen LogP contribution in [0.4, 0.5) is 18.9 Å². The molecule has 0 heterocycles. The van der Waals surface area contributed by atoms with Crippen LogP contribution in [-0.4, -0.2) is 31.6 Å². The third kappa shape index (κ3) is 7.88. The fraction of sp³-hybridized carbons (Fsp3) is 0.579. The van der Waals surface area contributed by atoms with Gasteiger partial charge >= 0.3 is 6.18 Å². The Morgan fingerprint density at radius 3 is 2.59 bits per heavy atom. The van der Waals surface area contributed by atoms with E-state index in [0.29, 0.717) is 12.5 Å². The van der Waals surface area contributed by atoms with Crippen LogP contribution in [0.2, 0.25) is 0 Å². The van der Waals surface area contributed by atoms with E-state index in [4.69, 9.17) is 0 Å². The molecular weight excluding hydrogens is 357 g/mol. The summed E-state index contributed by atoms with van der Waals surface area (Å²) in [5.74, 6) is 0.442. The van der Waals surface area contributed by atoms with Gasteiger partial charge in [-0.3, -0.25) is 9.79 Å². The molecule has 0 atom stereocenters. The quantitative estimate of drug-likeness (QED) is 0.516. The number of anilines is 1. The van der Waals surface area contributed by atoms with Gasteiger partial charge in [-0.05, 0) is 30.5 Å². The third-order valence-electron chi connectivity index (χ3n) is 4.55. The zero-order valence-electron chi connectivity index (χ0n) is 15.5. The Labute approximate surface area is 157 Å². The van der Waals surface area contributed by atoms with Gasteiger partial charge in [0.15, 0.2) is 5.96 Å². The minimum Gasteiger partial charge on any atom is -0.356 e. The van der Waals surface area contributed by atoms with Crippen LogP contribution in [0.1, 0.15) is 44.1 Å². The van der Waals surface area contributed by atoms with E-state index >= 15 is 0 Å². The maximum atomic E-state index is 12.3. The van der Waals surface area contributed by atoms with Gasteiger partial charge in [-0.25, -0.2) is 0 Å². The van der Waals surface area contributed by atoms with Gasteiger partial charge in [0, 0.05) is 31.7 Å². The Morgan fingerprint density at radius 1 is 1.19 bits per heavy atom. The molecule has 0 saturated heterocycles. The number of carbonyl (C=O) groups is 1. The highest BCUT2D eigenvalue weighted by Crippen LogP contribution is 2.25. The van der Waals surface area contributed by atoms with Crippen molar-refractivity contribution in [2.45, 2.75) is 51.2 Å². The summed E-state index contributed by atoms with van der Waals surface area (Å²) in [5, 5.41) is 8.58. The number of hydrogen-bond acceptors (Lipinski definition) is 2. The number of benzene rings is 1. The van der Waals surface area contributed by atoms with E-state index in [-0.39, 0.29) is 18.4 Å². The molecule has 0 unspecified atom stereocenters. The molecule has 5 nitrogen and oxygen atoms in total. The van der Waals surface area contributed by atoms with Crippen molar-refractivity contribution < 1.29 is 18.0 Å². The summed E-state index contributed by atoms with van der Waals surface area (Å²) in [6.45, 7) is 0.152. The van der Waals surface area contributed by atoms with Gasteiger partial charge in [0.25, 0.3) is 0 Å². The Kier molecular flexibility index (Phi) is 7.94. The molecule has 2 rings (SSSR count). The first kappa shape index (κ1) is 21.1. The van der Waals surface area contributed by atoms with Gasteiger partial charge in [0.05, 0.1) is 6.42 Å². The average Bonchev–Trinajstić information content (AvgIpc) is 2.64. The number of nitrogens with zero attached hydrogens (tertiary/aromatic N) is 1. The molecule has 0 radical (unpaired) electrons. The third-order valence-corrected chi connectivity index (χ3v) is 4.55. The van der Waals surface area contributed by atoms with E-state index < -0.39 is 12.6 Å². The van der Waals surface area contributed by atoms with Crippen molar-refractivity contribution in [1.82, 2.24) is 10.6 Å². The fourth-order valence-corrected chi connectivity index (χ4v) is 3.10. The molecule has 1 fully saturated rings. The number of hydrogen-bond donors (Lipinski definition) is 3. The summed E-state index contributed by atoms with van der Waals surface area (Å²) in [5.41, 5.74) is 1.63. The van der Waals surface area contributed by atoms with Crippen LogP contribution in [0.25, 0.3) is 0 Å². The maximum Gasteiger partial charge on any atom is 0.390 e. The van der Waals surface area contributed by atoms with Crippen molar-refractivity contribution in [2.24, 2.45) is 10.9 Å². The summed E-state index contributed by atoms with van der Waals surface area (Å²) < 4.78 is 36.6. The van der Waals surface area contributed by atoms with Gasteiger partial charge in [-0.15, -0.1) is 0 Å². The molecule has 27 heavy (non-hydrogen) atoms. The molecule has 1 aliphatic rings. The first-order chi connectivity index (χ1) is 12.9. The van der Waals surface area contributed by atoms with E-state index in [1.807, 2.05) is 24.3 Å². The lowest BCUT2D eigenvalue weighted by atomic mass is 9.88. The maximum absolute atomic E-state index is 12.3. The van der Waals surface area contributed by atoms with E-state index in [9.17, 15) is 18.0 Å². The standard InChI is InChI=1S/C19H27F3N4O/c1-23-18(24-11-10-19(20,21)22)25-13-14-6-5-9-16(12-14)26-17(27)15-7-3-2-4-8-15/h5-6,9,12,15H,2-4,7-8,10-11,13H2,1H3,(H,26,27)(H2,23,24,25). The van der Waals surface area contributed by atoms with Crippen molar-refractivity contribution in [3.05, 3.63) is 29.8 Å². The lowest BCUT2D eigenvalue weighted by molar-refractivity contribution is -0.132. The van der Waals surface area contributed by atoms with Gasteiger partial charge < -0.3 is 16.0 Å². The van der Waals surface area contributed by atoms with Crippen LogP contribution in [0.5, 0.6) is 0 Å². The number of amides is 1. The molecule has 0 aliphatic heterocycles. The molecule has 0 spiro atoms. The number of guanidine groups is 1. The van der Waals surface area contributed by atoms with Crippen LogP contribution in [0, 0.1) is 5.92 Å². The van der Waals surface area contributed by atoms with E-state index in [1.165, 1.54) is 13.5 Å². The van der Waals surface area contributed by atoms with Crippen molar-refractivity contribution in [1.29, 1.82) is 0 Å².